The molecule has 0 aromatic carbocycles. The molecule has 1 aliphatic rings. The first-order valence-electron chi connectivity index (χ1n) is 6.33. The number of nitrogens with one attached hydrogen (secondary N) is 2. The molecule has 98 valence electrons. The average Bonchev–Trinajstić information content (AvgIpc) is 2.30. The second kappa shape index (κ2) is 6.59. The maximum absolute atomic E-state index is 11.5. The summed E-state index contributed by atoms with van der Waals surface area (Å²) in [6.45, 7) is 5.11. The third-order valence-corrected chi connectivity index (χ3v) is 3.57. The highest BCUT2D eigenvalue weighted by Gasteiger charge is 2.26. The molecule has 3 unspecified atom stereocenters. The van der Waals surface area contributed by atoms with Crippen molar-refractivity contribution in [3.05, 3.63) is 0 Å². The quantitative estimate of drug-likeness (QED) is 0.608. The van der Waals surface area contributed by atoms with Gasteiger partial charge in [-0.2, -0.15) is 0 Å². The summed E-state index contributed by atoms with van der Waals surface area (Å²) in [6.07, 6.45) is 3.02. The van der Waals surface area contributed by atoms with Gasteiger partial charge in [0.15, 0.2) is 0 Å². The number of nitrogens with two attached hydrogens (primary N) is 1. The molecule has 1 rings (SSSR count). The van der Waals surface area contributed by atoms with E-state index in [9.17, 15) is 9.59 Å². The summed E-state index contributed by atoms with van der Waals surface area (Å²) < 4.78 is 0. The van der Waals surface area contributed by atoms with E-state index < -0.39 is 11.8 Å². The number of carbonyl (C=O) groups is 2. The summed E-state index contributed by atoms with van der Waals surface area (Å²) in [7, 11) is 0. The number of amides is 2. The van der Waals surface area contributed by atoms with Gasteiger partial charge < -0.3 is 16.4 Å². The Kier molecular flexibility index (Phi) is 5.41. The van der Waals surface area contributed by atoms with Crippen LogP contribution in [-0.2, 0) is 9.59 Å². The molecule has 0 heterocycles. The Morgan fingerprint density at radius 2 is 1.88 bits per heavy atom. The largest absolute Gasteiger partial charge is 0.347 e. The van der Waals surface area contributed by atoms with E-state index in [2.05, 4.69) is 24.5 Å². The highest BCUT2D eigenvalue weighted by Crippen LogP contribution is 2.29. The Bertz CT molecular complexity index is 281. The summed E-state index contributed by atoms with van der Waals surface area (Å²) in [6, 6.07) is 0.136. The Hall–Kier alpha value is -1.10. The molecule has 0 aromatic rings. The molecular weight excluding hydrogens is 218 g/mol. The van der Waals surface area contributed by atoms with Crippen molar-refractivity contribution in [1.82, 2.24) is 10.6 Å². The number of rotatable bonds is 3. The van der Waals surface area contributed by atoms with Gasteiger partial charge in [-0.25, -0.2) is 0 Å². The van der Waals surface area contributed by atoms with Crippen LogP contribution in [0, 0.1) is 11.8 Å². The van der Waals surface area contributed by atoms with Crippen molar-refractivity contribution < 1.29 is 9.59 Å². The normalized spacial score (nSPS) is 28.5. The van der Waals surface area contributed by atoms with Gasteiger partial charge in [-0.05, 0) is 31.1 Å². The van der Waals surface area contributed by atoms with Gasteiger partial charge >= 0.3 is 11.8 Å². The first-order chi connectivity index (χ1) is 8.04. The van der Waals surface area contributed by atoms with Crippen LogP contribution in [0.3, 0.4) is 0 Å². The molecule has 5 nitrogen and oxygen atoms in total. The van der Waals surface area contributed by atoms with E-state index in [4.69, 9.17) is 5.73 Å². The van der Waals surface area contributed by atoms with Gasteiger partial charge in [0.25, 0.3) is 0 Å². The lowest BCUT2D eigenvalue weighted by Crippen LogP contribution is -2.47. The molecule has 17 heavy (non-hydrogen) atoms. The highest BCUT2D eigenvalue weighted by atomic mass is 16.2. The summed E-state index contributed by atoms with van der Waals surface area (Å²) in [4.78, 5) is 22.9. The third kappa shape index (κ3) is 4.34. The minimum atomic E-state index is -0.582. The zero-order valence-corrected chi connectivity index (χ0v) is 10.7. The van der Waals surface area contributed by atoms with E-state index >= 15 is 0 Å². The smallest absolute Gasteiger partial charge is 0.309 e. The summed E-state index contributed by atoms with van der Waals surface area (Å²) in [5.41, 5.74) is 5.25. The Morgan fingerprint density at radius 3 is 2.47 bits per heavy atom. The molecule has 0 aromatic heterocycles. The standard InChI is InChI=1S/C12H23N3O2/c1-8-3-4-10(7-9(8)2)15-12(17)11(16)14-6-5-13/h8-10H,3-7,13H2,1-2H3,(H,14,16)(H,15,17). The van der Waals surface area contributed by atoms with Crippen molar-refractivity contribution in [2.45, 2.75) is 39.2 Å². The molecule has 0 aliphatic heterocycles. The van der Waals surface area contributed by atoms with Crippen LogP contribution in [0.1, 0.15) is 33.1 Å². The topological polar surface area (TPSA) is 84.2 Å². The molecule has 1 aliphatic carbocycles. The van der Waals surface area contributed by atoms with Crippen molar-refractivity contribution in [2.75, 3.05) is 13.1 Å². The van der Waals surface area contributed by atoms with Crippen molar-refractivity contribution in [1.29, 1.82) is 0 Å². The van der Waals surface area contributed by atoms with Gasteiger partial charge in [-0.3, -0.25) is 9.59 Å². The molecule has 3 atom stereocenters. The first-order valence-corrected chi connectivity index (χ1v) is 6.33. The van der Waals surface area contributed by atoms with Gasteiger partial charge in [0.2, 0.25) is 0 Å². The second-order valence-electron chi connectivity index (χ2n) is 4.98. The molecule has 1 saturated carbocycles. The molecule has 4 N–H and O–H groups in total. The molecule has 2 amide bonds. The van der Waals surface area contributed by atoms with E-state index in [1.165, 1.54) is 0 Å². The lowest BCUT2D eigenvalue weighted by molar-refractivity contribution is -0.139. The van der Waals surface area contributed by atoms with Crippen molar-refractivity contribution in [3.63, 3.8) is 0 Å². The zero-order valence-electron chi connectivity index (χ0n) is 10.7. The van der Waals surface area contributed by atoms with E-state index in [1.807, 2.05) is 0 Å². The molecule has 0 saturated heterocycles. The monoisotopic (exact) mass is 241 g/mol. The lowest BCUT2D eigenvalue weighted by atomic mass is 9.79. The van der Waals surface area contributed by atoms with Crippen LogP contribution in [0.15, 0.2) is 0 Å². The highest BCUT2D eigenvalue weighted by molar-refractivity contribution is 6.35. The molecule has 1 fully saturated rings. The Balaban J connectivity index is 2.33. The maximum atomic E-state index is 11.5. The summed E-state index contributed by atoms with van der Waals surface area (Å²) in [5, 5.41) is 5.25. The fourth-order valence-electron chi connectivity index (χ4n) is 2.20. The third-order valence-electron chi connectivity index (χ3n) is 3.57. The predicted octanol–water partition coefficient (Wildman–Crippen LogP) is 0.00220. The molecule has 0 radical (unpaired) electrons. The van der Waals surface area contributed by atoms with Crippen LogP contribution >= 0.6 is 0 Å². The van der Waals surface area contributed by atoms with Gasteiger partial charge in [0.05, 0.1) is 0 Å². The Morgan fingerprint density at radius 1 is 1.18 bits per heavy atom. The SMILES string of the molecule is CC1CCC(NC(=O)C(=O)NCCN)CC1C. The van der Waals surface area contributed by atoms with Crippen molar-refractivity contribution >= 4 is 11.8 Å². The summed E-state index contributed by atoms with van der Waals surface area (Å²) in [5.74, 6) is 0.183. The zero-order chi connectivity index (χ0) is 12.8. The van der Waals surface area contributed by atoms with Crippen LogP contribution in [0.4, 0.5) is 0 Å². The van der Waals surface area contributed by atoms with Crippen LogP contribution in [-0.4, -0.2) is 30.9 Å². The van der Waals surface area contributed by atoms with E-state index in [0.717, 1.165) is 19.3 Å². The van der Waals surface area contributed by atoms with Gasteiger partial charge in [-0.1, -0.05) is 13.8 Å². The maximum Gasteiger partial charge on any atom is 0.309 e. The summed E-state index contributed by atoms with van der Waals surface area (Å²) >= 11 is 0. The van der Waals surface area contributed by atoms with Crippen molar-refractivity contribution in [3.8, 4) is 0 Å². The molecular formula is C12H23N3O2. The number of carbonyl (C=O) groups excluding carboxylic acids is 2. The van der Waals surface area contributed by atoms with Gasteiger partial charge in [-0.15, -0.1) is 0 Å². The van der Waals surface area contributed by atoms with E-state index in [0.29, 0.717) is 24.9 Å². The first kappa shape index (κ1) is 14.0. The molecule has 0 spiro atoms. The lowest BCUT2D eigenvalue weighted by Gasteiger charge is -2.32. The average molecular weight is 241 g/mol. The molecule has 0 bridgehead atoms. The van der Waals surface area contributed by atoms with Crippen molar-refractivity contribution in [2.24, 2.45) is 17.6 Å². The second-order valence-corrected chi connectivity index (χ2v) is 4.98. The van der Waals surface area contributed by atoms with Gasteiger partial charge in [0.1, 0.15) is 0 Å². The van der Waals surface area contributed by atoms with Crippen LogP contribution in [0.2, 0.25) is 0 Å². The predicted molar refractivity (Wildman–Crippen MR) is 66.2 cm³/mol. The van der Waals surface area contributed by atoms with Crippen LogP contribution in [0.25, 0.3) is 0 Å². The van der Waals surface area contributed by atoms with Crippen LogP contribution < -0.4 is 16.4 Å². The number of hydrogen-bond donors (Lipinski definition) is 3. The van der Waals surface area contributed by atoms with E-state index in [1.54, 1.807) is 0 Å². The fraction of sp³-hybridized carbons (Fsp3) is 0.833. The molecule has 5 heteroatoms. The minimum absolute atomic E-state index is 0.136. The number of hydrogen-bond acceptors (Lipinski definition) is 3. The minimum Gasteiger partial charge on any atom is -0.347 e. The Labute approximate surface area is 103 Å². The van der Waals surface area contributed by atoms with Gasteiger partial charge in [0, 0.05) is 19.1 Å². The van der Waals surface area contributed by atoms with Crippen LogP contribution in [0.5, 0.6) is 0 Å². The fourth-order valence-corrected chi connectivity index (χ4v) is 2.20. The van der Waals surface area contributed by atoms with E-state index in [-0.39, 0.29) is 6.04 Å².